The molecular weight excluding hydrogens is 262 g/mol. The second kappa shape index (κ2) is 5.95. The summed E-state index contributed by atoms with van der Waals surface area (Å²) >= 11 is 0. The molecule has 21 heavy (non-hydrogen) atoms. The number of unbranched alkanes of at least 4 members (excludes halogenated alkanes) is 1. The fourth-order valence-corrected chi connectivity index (χ4v) is 2.55. The van der Waals surface area contributed by atoms with Gasteiger partial charge in [-0.05, 0) is 36.6 Å². The lowest BCUT2D eigenvalue weighted by molar-refractivity contribution is 0.412. The Balaban J connectivity index is 2.12. The van der Waals surface area contributed by atoms with E-state index >= 15 is 0 Å². The van der Waals surface area contributed by atoms with Crippen LogP contribution in [0.3, 0.4) is 0 Å². The van der Waals surface area contributed by atoms with Gasteiger partial charge < -0.3 is 4.74 Å². The molecule has 0 saturated carbocycles. The molecule has 0 aliphatic rings. The fourth-order valence-electron chi connectivity index (χ4n) is 2.55. The average molecular weight is 281 g/mol. The Morgan fingerprint density at radius 2 is 1.95 bits per heavy atom. The normalized spacial score (nSPS) is 11.0. The molecule has 4 heteroatoms. The summed E-state index contributed by atoms with van der Waals surface area (Å²) in [5.41, 5.74) is 4.18. The van der Waals surface area contributed by atoms with Crippen molar-refractivity contribution in [1.82, 2.24) is 15.0 Å². The number of rotatable bonds is 5. The minimum Gasteiger partial charge on any atom is -0.494 e. The van der Waals surface area contributed by atoms with Crippen molar-refractivity contribution in [3.63, 3.8) is 0 Å². The molecule has 0 bridgehead atoms. The first-order chi connectivity index (χ1) is 10.3. The maximum absolute atomic E-state index is 5.42. The third-order valence-corrected chi connectivity index (χ3v) is 3.67. The first kappa shape index (κ1) is 13.6. The summed E-state index contributed by atoms with van der Waals surface area (Å²) in [4.78, 5) is 0. The van der Waals surface area contributed by atoms with Gasteiger partial charge in [0.15, 0.2) is 0 Å². The van der Waals surface area contributed by atoms with Crippen LogP contribution in [0.25, 0.3) is 16.7 Å². The van der Waals surface area contributed by atoms with Gasteiger partial charge in [0.2, 0.25) is 0 Å². The Hall–Kier alpha value is -2.36. The van der Waals surface area contributed by atoms with Crippen molar-refractivity contribution in [3.8, 4) is 11.4 Å². The van der Waals surface area contributed by atoms with Crippen molar-refractivity contribution in [3.05, 3.63) is 48.0 Å². The molecule has 0 atom stereocenters. The van der Waals surface area contributed by atoms with Crippen LogP contribution < -0.4 is 4.74 Å². The van der Waals surface area contributed by atoms with Crippen LogP contribution in [0.4, 0.5) is 0 Å². The van der Waals surface area contributed by atoms with Crippen LogP contribution in [0.1, 0.15) is 25.3 Å². The number of hydrogen-bond donors (Lipinski definition) is 0. The number of ether oxygens (including phenoxy) is 1. The number of methoxy groups -OCH3 is 1. The summed E-state index contributed by atoms with van der Waals surface area (Å²) in [6.45, 7) is 2.20. The maximum atomic E-state index is 5.42. The predicted octanol–water partition coefficient (Wildman–Crippen LogP) is 3.77. The van der Waals surface area contributed by atoms with Gasteiger partial charge in [0, 0.05) is 0 Å². The SMILES string of the molecule is CCCCc1cccc2c1nnn2-c1ccccc1OC. The van der Waals surface area contributed by atoms with Gasteiger partial charge in [-0.3, -0.25) is 0 Å². The van der Waals surface area contributed by atoms with Crippen molar-refractivity contribution in [2.75, 3.05) is 7.11 Å². The molecule has 2 aromatic carbocycles. The molecule has 108 valence electrons. The summed E-state index contributed by atoms with van der Waals surface area (Å²) in [6.07, 6.45) is 3.39. The minimum atomic E-state index is 0.795. The monoisotopic (exact) mass is 281 g/mol. The zero-order valence-electron chi connectivity index (χ0n) is 12.4. The highest BCUT2D eigenvalue weighted by molar-refractivity contribution is 5.80. The van der Waals surface area contributed by atoms with E-state index in [1.807, 2.05) is 28.9 Å². The zero-order valence-corrected chi connectivity index (χ0v) is 12.4. The van der Waals surface area contributed by atoms with Crippen molar-refractivity contribution < 1.29 is 4.74 Å². The molecule has 0 amide bonds. The molecule has 3 aromatic rings. The van der Waals surface area contributed by atoms with Gasteiger partial charge in [-0.1, -0.05) is 42.8 Å². The second-order valence-corrected chi connectivity index (χ2v) is 5.06. The van der Waals surface area contributed by atoms with Gasteiger partial charge in [0.05, 0.1) is 12.6 Å². The lowest BCUT2D eigenvalue weighted by atomic mass is 10.1. The highest BCUT2D eigenvalue weighted by Crippen LogP contribution is 2.26. The van der Waals surface area contributed by atoms with Crippen molar-refractivity contribution >= 4 is 11.0 Å². The third-order valence-electron chi connectivity index (χ3n) is 3.67. The Kier molecular flexibility index (Phi) is 3.86. The van der Waals surface area contributed by atoms with Crippen LogP contribution in [0.15, 0.2) is 42.5 Å². The topological polar surface area (TPSA) is 39.9 Å². The van der Waals surface area contributed by atoms with E-state index in [0.717, 1.165) is 28.9 Å². The van der Waals surface area contributed by atoms with Crippen LogP contribution in [0, 0.1) is 0 Å². The maximum Gasteiger partial charge on any atom is 0.144 e. The van der Waals surface area contributed by atoms with Gasteiger partial charge >= 0.3 is 0 Å². The van der Waals surface area contributed by atoms with Crippen LogP contribution in [-0.4, -0.2) is 22.1 Å². The molecule has 0 unspecified atom stereocenters. The smallest absolute Gasteiger partial charge is 0.144 e. The lowest BCUT2D eigenvalue weighted by Gasteiger charge is -2.08. The summed E-state index contributed by atoms with van der Waals surface area (Å²) in [7, 11) is 1.67. The number of nitrogens with zero attached hydrogens (tertiary/aromatic N) is 3. The highest BCUT2D eigenvalue weighted by atomic mass is 16.5. The van der Waals surface area contributed by atoms with E-state index in [4.69, 9.17) is 4.74 Å². The van der Waals surface area contributed by atoms with E-state index < -0.39 is 0 Å². The first-order valence-corrected chi connectivity index (χ1v) is 7.32. The molecule has 0 N–H and O–H groups in total. The Labute approximate surface area is 124 Å². The lowest BCUT2D eigenvalue weighted by Crippen LogP contribution is -1.99. The number of hydrogen-bond acceptors (Lipinski definition) is 3. The minimum absolute atomic E-state index is 0.795. The van der Waals surface area contributed by atoms with Gasteiger partial charge in [-0.15, -0.1) is 5.10 Å². The average Bonchev–Trinajstić information content (AvgIpc) is 2.97. The van der Waals surface area contributed by atoms with E-state index in [0.29, 0.717) is 0 Å². The van der Waals surface area contributed by atoms with Crippen LogP contribution in [-0.2, 0) is 6.42 Å². The summed E-state index contributed by atoms with van der Waals surface area (Å²) in [5.74, 6) is 0.795. The summed E-state index contributed by atoms with van der Waals surface area (Å²) in [6, 6.07) is 14.1. The van der Waals surface area contributed by atoms with E-state index in [1.54, 1.807) is 7.11 Å². The molecule has 0 spiro atoms. The van der Waals surface area contributed by atoms with Gasteiger partial charge in [-0.2, -0.15) is 0 Å². The van der Waals surface area contributed by atoms with E-state index in [1.165, 1.54) is 18.4 Å². The molecule has 1 aromatic heterocycles. The van der Waals surface area contributed by atoms with Gasteiger partial charge in [0.25, 0.3) is 0 Å². The molecular formula is C17H19N3O. The zero-order chi connectivity index (χ0) is 14.7. The Morgan fingerprint density at radius 1 is 1.10 bits per heavy atom. The number of benzene rings is 2. The van der Waals surface area contributed by atoms with E-state index in [9.17, 15) is 0 Å². The molecule has 0 saturated heterocycles. The third kappa shape index (κ3) is 2.49. The van der Waals surface area contributed by atoms with E-state index in [-0.39, 0.29) is 0 Å². The van der Waals surface area contributed by atoms with Gasteiger partial charge in [-0.25, -0.2) is 4.68 Å². The molecule has 3 rings (SSSR count). The fraction of sp³-hybridized carbons (Fsp3) is 0.294. The number of aryl methyl sites for hydroxylation is 1. The van der Waals surface area contributed by atoms with E-state index in [2.05, 4.69) is 35.4 Å². The summed E-state index contributed by atoms with van der Waals surface area (Å²) in [5, 5.41) is 8.71. The van der Waals surface area contributed by atoms with Crippen molar-refractivity contribution in [1.29, 1.82) is 0 Å². The van der Waals surface area contributed by atoms with Gasteiger partial charge in [0.1, 0.15) is 17.0 Å². The van der Waals surface area contributed by atoms with Crippen molar-refractivity contribution in [2.24, 2.45) is 0 Å². The molecule has 0 aliphatic carbocycles. The molecule has 4 nitrogen and oxygen atoms in total. The van der Waals surface area contributed by atoms with Crippen molar-refractivity contribution in [2.45, 2.75) is 26.2 Å². The Morgan fingerprint density at radius 3 is 2.76 bits per heavy atom. The van der Waals surface area contributed by atoms with Crippen LogP contribution in [0.5, 0.6) is 5.75 Å². The van der Waals surface area contributed by atoms with Crippen LogP contribution in [0.2, 0.25) is 0 Å². The molecule has 1 heterocycles. The largest absolute Gasteiger partial charge is 0.494 e. The highest BCUT2D eigenvalue weighted by Gasteiger charge is 2.12. The quantitative estimate of drug-likeness (QED) is 0.714. The number of fused-ring (bicyclic) bond motifs is 1. The molecule has 0 aliphatic heterocycles. The second-order valence-electron chi connectivity index (χ2n) is 5.06. The van der Waals surface area contributed by atoms with Crippen LogP contribution >= 0.6 is 0 Å². The first-order valence-electron chi connectivity index (χ1n) is 7.32. The predicted molar refractivity (Wildman–Crippen MR) is 84.0 cm³/mol. The Bertz CT molecular complexity index is 749. The standard InChI is InChI=1S/C17H19N3O/c1-3-4-8-13-9-7-11-15-17(13)18-19-20(15)14-10-5-6-12-16(14)21-2/h5-7,9-12H,3-4,8H2,1-2H3. The summed E-state index contributed by atoms with van der Waals surface area (Å²) < 4.78 is 7.28. The number of para-hydroxylation sites is 2. The molecule has 0 radical (unpaired) electrons. The number of aromatic nitrogens is 3. The molecule has 0 fully saturated rings.